The second-order valence-corrected chi connectivity index (χ2v) is 5.49. The van der Waals surface area contributed by atoms with Crippen molar-refractivity contribution in [1.29, 1.82) is 0 Å². The zero-order valence-electron chi connectivity index (χ0n) is 11.4. The lowest BCUT2D eigenvalue weighted by atomic mass is 9.80. The first kappa shape index (κ1) is 17.2. The van der Waals surface area contributed by atoms with Gasteiger partial charge in [0.2, 0.25) is 0 Å². The van der Waals surface area contributed by atoms with Crippen LogP contribution in [0.2, 0.25) is 0 Å². The third kappa shape index (κ3) is 5.56. The molecule has 0 aliphatic carbocycles. The van der Waals surface area contributed by atoms with Crippen LogP contribution in [0.4, 0.5) is 0 Å². The molecule has 1 N–H and O–H groups in total. The van der Waals surface area contributed by atoms with Crippen molar-refractivity contribution in [3.8, 4) is 0 Å². The van der Waals surface area contributed by atoms with Gasteiger partial charge in [0.15, 0.2) is 0 Å². The zero-order valence-corrected chi connectivity index (χ0v) is 12.3. The van der Waals surface area contributed by atoms with Crippen LogP contribution in [-0.4, -0.2) is 49.5 Å². The van der Waals surface area contributed by atoms with Crippen molar-refractivity contribution >= 4 is 12.4 Å². The van der Waals surface area contributed by atoms with Crippen molar-refractivity contribution in [2.24, 2.45) is 11.3 Å². The van der Waals surface area contributed by atoms with E-state index >= 15 is 0 Å². The molecule has 0 aromatic carbocycles. The predicted octanol–water partition coefficient (Wildman–Crippen LogP) is 2.18. The molecule has 104 valence electrons. The van der Waals surface area contributed by atoms with Gasteiger partial charge in [-0.15, -0.1) is 12.4 Å². The summed E-state index contributed by atoms with van der Waals surface area (Å²) in [6.45, 7) is 11.8. The molecule has 0 aromatic heterocycles. The lowest BCUT2D eigenvalue weighted by Crippen LogP contribution is -2.44. The van der Waals surface area contributed by atoms with Gasteiger partial charge in [0.25, 0.3) is 0 Å². The number of aliphatic hydroxyl groups excluding tert-OH is 1. The van der Waals surface area contributed by atoms with E-state index in [1.54, 1.807) is 0 Å². The summed E-state index contributed by atoms with van der Waals surface area (Å²) in [5.41, 5.74) is 0.0865. The fourth-order valence-electron chi connectivity index (χ4n) is 2.47. The van der Waals surface area contributed by atoms with Gasteiger partial charge < -0.3 is 14.7 Å². The lowest BCUT2D eigenvalue weighted by molar-refractivity contribution is -0.0349. The van der Waals surface area contributed by atoms with E-state index in [9.17, 15) is 5.11 Å². The van der Waals surface area contributed by atoms with Crippen LogP contribution in [0, 0.1) is 11.3 Å². The van der Waals surface area contributed by atoms with Crippen LogP contribution in [0.5, 0.6) is 0 Å². The molecule has 0 atom stereocenters. The van der Waals surface area contributed by atoms with Crippen molar-refractivity contribution < 1.29 is 9.84 Å². The average Bonchev–Trinajstić information content (AvgIpc) is 2.29. The number of halogens is 1. The number of nitrogens with zero attached hydrogens (tertiary/aromatic N) is 1. The van der Waals surface area contributed by atoms with Gasteiger partial charge in [-0.3, -0.25) is 0 Å². The molecule has 4 heteroatoms. The molecule has 0 spiro atoms. The van der Waals surface area contributed by atoms with E-state index in [1.165, 1.54) is 0 Å². The molecular weight excluding hydrogens is 238 g/mol. The molecular formula is C13H28ClNO2. The Labute approximate surface area is 112 Å². The van der Waals surface area contributed by atoms with Gasteiger partial charge in [-0.05, 0) is 25.3 Å². The Kier molecular flexibility index (Phi) is 8.39. The van der Waals surface area contributed by atoms with Gasteiger partial charge in [-0.25, -0.2) is 0 Å². The van der Waals surface area contributed by atoms with Crippen molar-refractivity contribution in [2.75, 3.05) is 39.5 Å². The van der Waals surface area contributed by atoms with Gasteiger partial charge in [-0.1, -0.05) is 20.8 Å². The van der Waals surface area contributed by atoms with Crippen LogP contribution in [-0.2, 0) is 4.74 Å². The van der Waals surface area contributed by atoms with Gasteiger partial charge in [-0.2, -0.15) is 0 Å². The predicted molar refractivity (Wildman–Crippen MR) is 73.8 cm³/mol. The molecule has 0 unspecified atom stereocenters. The van der Waals surface area contributed by atoms with E-state index in [1.807, 2.05) is 0 Å². The minimum absolute atomic E-state index is 0. The lowest BCUT2D eigenvalue weighted by Gasteiger charge is -2.40. The summed E-state index contributed by atoms with van der Waals surface area (Å²) >= 11 is 0. The fourth-order valence-corrected chi connectivity index (χ4v) is 2.47. The molecule has 1 fully saturated rings. The average molecular weight is 266 g/mol. The number of hydrogen-bond acceptors (Lipinski definition) is 3. The normalized spacial score (nSPS) is 19.4. The molecule has 1 aliphatic rings. The zero-order chi connectivity index (χ0) is 12.0. The largest absolute Gasteiger partial charge is 0.396 e. The van der Waals surface area contributed by atoms with E-state index in [0.29, 0.717) is 12.5 Å². The number of aliphatic hydroxyl groups is 1. The molecule has 1 heterocycles. The Morgan fingerprint density at radius 2 is 1.88 bits per heavy atom. The number of rotatable bonds is 6. The Hall–Kier alpha value is 0.170. The summed E-state index contributed by atoms with van der Waals surface area (Å²) in [4.78, 5) is 2.46. The first-order valence-corrected chi connectivity index (χ1v) is 6.53. The smallest absolute Gasteiger partial charge is 0.0501 e. The summed E-state index contributed by atoms with van der Waals surface area (Å²) in [6, 6.07) is 0. The molecule has 0 amide bonds. The summed E-state index contributed by atoms with van der Waals surface area (Å²) in [6.07, 6.45) is 2.00. The highest BCUT2D eigenvalue weighted by Gasteiger charge is 2.33. The monoisotopic (exact) mass is 265 g/mol. The molecule has 1 aliphatic heterocycles. The van der Waals surface area contributed by atoms with Gasteiger partial charge in [0.05, 0.1) is 6.61 Å². The first-order valence-electron chi connectivity index (χ1n) is 6.53. The quantitative estimate of drug-likeness (QED) is 0.799. The Morgan fingerprint density at radius 3 is 2.29 bits per heavy atom. The maximum absolute atomic E-state index is 9.64. The minimum atomic E-state index is 0. The van der Waals surface area contributed by atoms with Gasteiger partial charge in [0, 0.05) is 31.7 Å². The highest BCUT2D eigenvalue weighted by molar-refractivity contribution is 5.85. The Balaban J connectivity index is 0.00000256. The highest BCUT2D eigenvalue weighted by atomic mass is 35.5. The molecule has 1 saturated heterocycles. The summed E-state index contributed by atoms with van der Waals surface area (Å²) in [5, 5.41) is 9.64. The molecule has 17 heavy (non-hydrogen) atoms. The SMILES string of the molecule is CCN(CC(C)C)CC1(CO)CCOCC1.Cl. The van der Waals surface area contributed by atoms with E-state index in [0.717, 1.165) is 45.7 Å². The molecule has 0 radical (unpaired) electrons. The summed E-state index contributed by atoms with van der Waals surface area (Å²) in [5.74, 6) is 0.690. The summed E-state index contributed by atoms with van der Waals surface area (Å²) < 4.78 is 5.39. The van der Waals surface area contributed by atoms with Crippen molar-refractivity contribution in [2.45, 2.75) is 33.6 Å². The first-order chi connectivity index (χ1) is 7.62. The van der Waals surface area contributed by atoms with E-state index in [2.05, 4.69) is 25.7 Å². The minimum Gasteiger partial charge on any atom is -0.396 e. The second-order valence-electron chi connectivity index (χ2n) is 5.49. The number of hydrogen-bond donors (Lipinski definition) is 1. The van der Waals surface area contributed by atoms with Crippen LogP contribution in [0.3, 0.4) is 0 Å². The third-order valence-electron chi connectivity index (χ3n) is 3.52. The molecule has 0 saturated carbocycles. The van der Waals surface area contributed by atoms with Crippen LogP contribution in [0.25, 0.3) is 0 Å². The van der Waals surface area contributed by atoms with Crippen LogP contribution in [0.1, 0.15) is 33.6 Å². The van der Waals surface area contributed by atoms with Gasteiger partial charge in [0.1, 0.15) is 0 Å². The van der Waals surface area contributed by atoms with E-state index < -0.39 is 0 Å². The summed E-state index contributed by atoms with van der Waals surface area (Å²) in [7, 11) is 0. The Bertz CT molecular complexity index is 194. The van der Waals surface area contributed by atoms with E-state index in [-0.39, 0.29) is 17.8 Å². The number of ether oxygens (including phenoxy) is 1. The fraction of sp³-hybridized carbons (Fsp3) is 1.00. The van der Waals surface area contributed by atoms with Crippen LogP contribution in [0.15, 0.2) is 0 Å². The highest BCUT2D eigenvalue weighted by Crippen LogP contribution is 2.31. The third-order valence-corrected chi connectivity index (χ3v) is 3.52. The van der Waals surface area contributed by atoms with Crippen molar-refractivity contribution in [3.05, 3.63) is 0 Å². The topological polar surface area (TPSA) is 32.7 Å². The molecule has 0 bridgehead atoms. The molecule has 1 rings (SSSR count). The maximum atomic E-state index is 9.64. The van der Waals surface area contributed by atoms with Gasteiger partial charge >= 0.3 is 0 Å². The standard InChI is InChI=1S/C13H27NO2.ClH/c1-4-14(9-12(2)3)10-13(11-15)5-7-16-8-6-13;/h12,15H,4-11H2,1-3H3;1H. The van der Waals surface area contributed by atoms with Crippen molar-refractivity contribution in [3.63, 3.8) is 0 Å². The van der Waals surface area contributed by atoms with Crippen LogP contribution >= 0.6 is 12.4 Å². The van der Waals surface area contributed by atoms with Crippen LogP contribution < -0.4 is 0 Å². The maximum Gasteiger partial charge on any atom is 0.0501 e. The molecule has 3 nitrogen and oxygen atoms in total. The Morgan fingerprint density at radius 1 is 1.29 bits per heavy atom. The van der Waals surface area contributed by atoms with E-state index in [4.69, 9.17) is 4.74 Å². The second kappa shape index (κ2) is 8.30. The molecule has 0 aromatic rings. The van der Waals surface area contributed by atoms with Crippen molar-refractivity contribution in [1.82, 2.24) is 4.90 Å².